The maximum atomic E-state index is 11.6. The minimum Gasteiger partial charge on any atom is -0.459 e. The number of hydrogen-bond acceptors (Lipinski definition) is 3. The average molecular weight is 428 g/mol. The minimum absolute atomic E-state index is 0. The smallest absolute Gasteiger partial charge is 0.287 e. The summed E-state index contributed by atoms with van der Waals surface area (Å²) in [5.74, 6) is 0.337. The predicted molar refractivity (Wildman–Crippen MR) is 102 cm³/mol. The van der Waals surface area contributed by atoms with Crippen LogP contribution in [0.2, 0.25) is 0 Å². The van der Waals surface area contributed by atoms with E-state index in [0.29, 0.717) is 19.0 Å². The molecule has 0 aliphatic rings. The molecule has 0 atom stereocenters. The van der Waals surface area contributed by atoms with Gasteiger partial charge in [-0.1, -0.05) is 6.07 Å². The fraction of sp³-hybridized carbons (Fsp3) is 0.250. The van der Waals surface area contributed by atoms with E-state index < -0.39 is 0 Å². The molecule has 1 aromatic carbocycles. The molecule has 7 heteroatoms. The highest BCUT2D eigenvalue weighted by Gasteiger charge is 2.06. The fourth-order valence-electron chi connectivity index (χ4n) is 2.07. The lowest BCUT2D eigenvalue weighted by Gasteiger charge is -2.08. The normalized spacial score (nSPS) is 10.8. The standard InChI is InChI=1S/C16H20N4O2.HI/c1-11-8-12(2)10-13(9-11)20-16(17)19-6-5-18-15(21)14-4-3-7-22-14;/h3-4,7-10H,5-6H2,1-2H3,(H,18,21)(H3,17,19,20);1H. The lowest BCUT2D eigenvalue weighted by Crippen LogP contribution is -2.28. The van der Waals surface area contributed by atoms with E-state index in [4.69, 9.17) is 10.2 Å². The van der Waals surface area contributed by atoms with Crippen molar-refractivity contribution >= 4 is 41.5 Å². The molecule has 0 saturated carbocycles. The third kappa shape index (κ3) is 6.31. The van der Waals surface area contributed by atoms with Crippen LogP contribution in [0.15, 0.2) is 46.0 Å². The zero-order chi connectivity index (χ0) is 15.9. The van der Waals surface area contributed by atoms with E-state index in [1.807, 2.05) is 26.0 Å². The van der Waals surface area contributed by atoms with Crippen LogP contribution in [0.25, 0.3) is 0 Å². The van der Waals surface area contributed by atoms with Crippen LogP contribution in [0.3, 0.4) is 0 Å². The average Bonchev–Trinajstić information content (AvgIpc) is 2.96. The zero-order valence-corrected chi connectivity index (χ0v) is 15.5. The predicted octanol–water partition coefficient (Wildman–Crippen LogP) is 2.67. The molecule has 0 bridgehead atoms. The second kappa shape index (κ2) is 9.19. The van der Waals surface area contributed by atoms with Crippen LogP contribution in [0, 0.1) is 13.8 Å². The van der Waals surface area contributed by atoms with Crippen molar-refractivity contribution in [1.82, 2.24) is 5.32 Å². The molecule has 1 heterocycles. The van der Waals surface area contributed by atoms with Gasteiger partial charge in [0.05, 0.1) is 12.8 Å². The molecule has 0 aliphatic carbocycles. The number of furan rings is 1. The van der Waals surface area contributed by atoms with E-state index in [2.05, 4.69) is 21.7 Å². The van der Waals surface area contributed by atoms with Gasteiger partial charge in [-0.05, 0) is 49.2 Å². The molecule has 0 saturated heterocycles. The largest absolute Gasteiger partial charge is 0.459 e. The summed E-state index contributed by atoms with van der Waals surface area (Å²) in [7, 11) is 0. The third-order valence-corrected chi connectivity index (χ3v) is 2.92. The first-order valence-electron chi connectivity index (χ1n) is 7.01. The number of halogens is 1. The number of benzene rings is 1. The van der Waals surface area contributed by atoms with E-state index in [0.717, 1.165) is 16.8 Å². The zero-order valence-electron chi connectivity index (χ0n) is 13.1. The fourth-order valence-corrected chi connectivity index (χ4v) is 2.07. The van der Waals surface area contributed by atoms with Gasteiger partial charge in [0.25, 0.3) is 5.91 Å². The van der Waals surface area contributed by atoms with Crippen molar-refractivity contribution in [3.8, 4) is 0 Å². The van der Waals surface area contributed by atoms with Crippen LogP contribution in [0.1, 0.15) is 21.7 Å². The number of carbonyl (C=O) groups excluding carboxylic acids is 1. The maximum Gasteiger partial charge on any atom is 0.287 e. The Kier molecular flexibility index (Phi) is 7.60. The van der Waals surface area contributed by atoms with Gasteiger partial charge in [0, 0.05) is 12.2 Å². The monoisotopic (exact) mass is 428 g/mol. The second-order valence-corrected chi connectivity index (χ2v) is 5.00. The van der Waals surface area contributed by atoms with Crippen molar-refractivity contribution in [2.24, 2.45) is 10.7 Å². The Bertz CT molecular complexity index is 648. The Morgan fingerprint density at radius 2 is 1.96 bits per heavy atom. The van der Waals surface area contributed by atoms with E-state index in [-0.39, 0.29) is 35.6 Å². The summed E-state index contributed by atoms with van der Waals surface area (Å²) in [6.45, 7) is 4.82. The molecule has 0 aliphatic heterocycles. The van der Waals surface area contributed by atoms with Gasteiger partial charge >= 0.3 is 0 Å². The Morgan fingerprint density at radius 1 is 1.26 bits per heavy atom. The summed E-state index contributed by atoms with van der Waals surface area (Å²) in [6.07, 6.45) is 1.46. The summed E-state index contributed by atoms with van der Waals surface area (Å²) in [4.78, 5) is 15.8. The van der Waals surface area contributed by atoms with Crippen molar-refractivity contribution in [1.29, 1.82) is 0 Å². The summed E-state index contributed by atoms with van der Waals surface area (Å²) >= 11 is 0. The number of aliphatic imine (C=N–C) groups is 1. The van der Waals surface area contributed by atoms with Crippen molar-refractivity contribution in [3.05, 3.63) is 53.5 Å². The highest BCUT2D eigenvalue weighted by molar-refractivity contribution is 14.0. The lowest BCUT2D eigenvalue weighted by molar-refractivity contribution is 0.0927. The molecular weight excluding hydrogens is 407 g/mol. The summed E-state index contributed by atoms with van der Waals surface area (Å²) in [5, 5.41) is 5.74. The highest BCUT2D eigenvalue weighted by Crippen LogP contribution is 2.13. The van der Waals surface area contributed by atoms with Crippen molar-refractivity contribution in [2.45, 2.75) is 13.8 Å². The Morgan fingerprint density at radius 3 is 2.57 bits per heavy atom. The number of anilines is 1. The molecular formula is C16H21IN4O2. The van der Waals surface area contributed by atoms with Crippen molar-refractivity contribution in [2.75, 3.05) is 18.4 Å². The van der Waals surface area contributed by atoms with Gasteiger partial charge in [-0.2, -0.15) is 0 Å². The molecule has 2 rings (SSSR count). The van der Waals surface area contributed by atoms with Crippen molar-refractivity contribution < 1.29 is 9.21 Å². The van der Waals surface area contributed by atoms with E-state index in [9.17, 15) is 4.79 Å². The summed E-state index contributed by atoms with van der Waals surface area (Å²) in [6, 6.07) is 9.35. The molecule has 0 unspecified atom stereocenters. The van der Waals surface area contributed by atoms with Crippen LogP contribution in [-0.2, 0) is 0 Å². The molecule has 0 fully saturated rings. The number of rotatable bonds is 5. The van der Waals surface area contributed by atoms with Gasteiger partial charge in [-0.25, -0.2) is 0 Å². The highest BCUT2D eigenvalue weighted by atomic mass is 127. The molecule has 0 radical (unpaired) electrons. The third-order valence-electron chi connectivity index (χ3n) is 2.92. The first-order chi connectivity index (χ1) is 10.5. The van der Waals surface area contributed by atoms with Crippen LogP contribution in [0.4, 0.5) is 5.69 Å². The summed E-state index contributed by atoms with van der Waals surface area (Å²) in [5.41, 5.74) is 9.03. The van der Waals surface area contributed by atoms with E-state index in [1.165, 1.54) is 6.26 Å². The maximum absolute atomic E-state index is 11.6. The number of guanidine groups is 1. The van der Waals surface area contributed by atoms with Crippen LogP contribution in [-0.4, -0.2) is 25.0 Å². The van der Waals surface area contributed by atoms with Gasteiger partial charge in [0.2, 0.25) is 0 Å². The second-order valence-electron chi connectivity index (χ2n) is 5.00. The van der Waals surface area contributed by atoms with Gasteiger partial charge in [-0.3, -0.25) is 9.79 Å². The first-order valence-corrected chi connectivity index (χ1v) is 7.01. The van der Waals surface area contributed by atoms with Gasteiger partial charge < -0.3 is 20.8 Å². The number of nitrogens with zero attached hydrogens (tertiary/aromatic N) is 1. The van der Waals surface area contributed by atoms with E-state index >= 15 is 0 Å². The topological polar surface area (TPSA) is 92.6 Å². The molecule has 124 valence electrons. The van der Waals surface area contributed by atoms with E-state index in [1.54, 1.807) is 12.1 Å². The van der Waals surface area contributed by atoms with Crippen LogP contribution >= 0.6 is 24.0 Å². The quantitative estimate of drug-likeness (QED) is 0.296. The van der Waals surface area contributed by atoms with Crippen LogP contribution in [0.5, 0.6) is 0 Å². The number of nitrogens with two attached hydrogens (primary N) is 1. The Balaban J connectivity index is 0.00000264. The molecule has 1 aromatic heterocycles. The molecule has 6 nitrogen and oxygen atoms in total. The molecule has 23 heavy (non-hydrogen) atoms. The van der Waals surface area contributed by atoms with Gasteiger partial charge in [0.1, 0.15) is 0 Å². The Labute approximate surface area is 152 Å². The molecule has 0 spiro atoms. The van der Waals surface area contributed by atoms with Gasteiger partial charge in [0.15, 0.2) is 11.7 Å². The molecule has 1 amide bonds. The lowest BCUT2D eigenvalue weighted by atomic mass is 10.1. The summed E-state index contributed by atoms with van der Waals surface area (Å²) < 4.78 is 4.99. The minimum atomic E-state index is -0.263. The SMILES string of the molecule is Cc1cc(C)cc(NC(N)=NCCNC(=O)c2ccco2)c1.I. The molecule has 4 N–H and O–H groups in total. The number of nitrogens with one attached hydrogen (secondary N) is 2. The number of carbonyl (C=O) groups is 1. The van der Waals surface area contributed by atoms with Gasteiger partial charge in [-0.15, -0.1) is 24.0 Å². The number of aryl methyl sites for hydroxylation is 2. The first kappa shape index (κ1) is 19.0. The molecule has 2 aromatic rings. The van der Waals surface area contributed by atoms with Crippen molar-refractivity contribution in [3.63, 3.8) is 0 Å². The number of amides is 1. The number of hydrogen-bond donors (Lipinski definition) is 3. The Hall–Kier alpha value is -2.03. The van der Waals surface area contributed by atoms with Crippen LogP contribution < -0.4 is 16.4 Å².